The van der Waals surface area contributed by atoms with Gasteiger partial charge in [0.2, 0.25) is 11.8 Å². The third-order valence-electron chi connectivity index (χ3n) is 11.1. The molecule has 274 valence electrons. The van der Waals surface area contributed by atoms with Crippen molar-refractivity contribution in [3.8, 4) is 5.75 Å². The summed E-state index contributed by atoms with van der Waals surface area (Å²) < 4.78 is 19.5. The van der Waals surface area contributed by atoms with Crippen LogP contribution in [0.3, 0.4) is 0 Å². The average molecular weight is 751 g/mol. The Morgan fingerprint density at radius 1 is 0.926 bits per heavy atom. The third-order valence-corrected chi connectivity index (χ3v) is 11.4. The molecule has 4 aliphatic rings. The number of nitro groups is 1. The topological polar surface area (TPSA) is 159 Å². The highest BCUT2D eigenvalue weighted by Gasteiger charge is 2.70. The highest BCUT2D eigenvalue weighted by atomic mass is 35.5. The number of halogens is 2. The van der Waals surface area contributed by atoms with E-state index in [2.05, 4.69) is 5.43 Å². The predicted octanol–water partition coefficient (Wildman–Crippen LogP) is 5.95. The van der Waals surface area contributed by atoms with Gasteiger partial charge in [-0.2, -0.15) is 5.01 Å². The monoisotopic (exact) mass is 750 g/mol. The van der Waals surface area contributed by atoms with Gasteiger partial charge in [-0.1, -0.05) is 53.6 Å². The summed E-state index contributed by atoms with van der Waals surface area (Å²) in [6.45, 7) is -0.138. The van der Waals surface area contributed by atoms with Crippen LogP contribution in [0, 0.1) is 39.6 Å². The first-order valence-electron chi connectivity index (χ1n) is 17.4. The molecule has 6 unspecified atom stereocenters. The zero-order valence-corrected chi connectivity index (χ0v) is 29.2. The Hall–Kier alpha value is -5.92. The van der Waals surface area contributed by atoms with Gasteiger partial charge < -0.3 is 9.84 Å². The number of ether oxygens (including phenoxy) is 1. The number of benzene rings is 4. The number of hydrogen-bond donors (Lipinski definition) is 2. The number of carbonyl (C=O) groups excluding carboxylic acids is 4. The number of nitro benzene ring substituents is 1. The maximum Gasteiger partial charge on any atom is 0.271 e. The highest BCUT2D eigenvalue weighted by molar-refractivity contribution is 6.30. The van der Waals surface area contributed by atoms with Crippen LogP contribution in [0.1, 0.15) is 29.9 Å². The van der Waals surface area contributed by atoms with Crippen molar-refractivity contribution >= 4 is 52.3 Å². The van der Waals surface area contributed by atoms with Crippen molar-refractivity contribution in [1.29, 1.82) is 0 Å². The number of allylic oxidation sites excluding steroid dienone is 2. The average Bonchev–Trinajstić information content (AvgIpc) is 3.56. The number of hydrazine groups is 1. The minimum Gasteiger partial charge on any atom is -0.491 e. The van der Waals surface area contributed by atoms with Crippen molar-refractivity contribution in [3.63, 3.8) is 0 Å². The lowest BCUT2D eigenvalue weighted by Gasteiger charge is -2.50. The summed E-state index contributed by atoms with van der Waals surface area (Å²) in [6, 6.07) is 24.3. The standard InChI is InChI=1S/C40H32ClFN4O8/c41-24-8-6-23(7-9-24)40-33(37(49)45(39(40)51)43-26-12-10-25(42)11-13-26)21-32-30(35(40)22-4-14-29(15-5-22)54-19-18-47)16-17-31-34(32)38(50)44(36(31)48)27-2-1-3-28(20-27)46(52)53/h1-16,20,31-35,43,47H,17-19,21H2. The van der Waals surface area contributed by atoms with Crippen molar-refractivity contribution in [2.75, 3.05) is 23.5 Å². The van der Waals surface area contributed by atoms with Gasteiger partial charge in [-0.15, -0.1) is 0 Å². The first-order valence-corrected chi connectivity index (χ1v) is 17.7. The number of amides is 4. The van der Waals surface area contributed by atoms with Gasteiger partial charge in [0.05, 0.1) is 46.1 Å². The first kappa shape index (κ1) is 35.1. The number of carbonyl (C=O) groups is 4. The quantitative estimate of drug-likeness (QED) is 0.0913. The van der Waals surface area contributed by atoms with Crippen LogP contribution in [0.4, 0.5) is 21.5 Å². The van der Waals surface area contributed by atoms with Crippen LogP contribution in [0.15, 0.2) is 109 Å². The maximum absolute atomic E-state index is 15.2. The van der Waals surface area contributed by atoms with E-state index < -0.39 is 69.4 Å². The zero-order chi connectivity index (χ0) is 37.9. The van der Waals surface area contributed by atoms with Crippen LogP contribution in [0.2, 0.25) is 5.02 Å². The van der Waals surface area contributed by atoms with Gasteiger partial charge in [-0.25, -0.2) is 9.29 Å². The largest absolute Gasteiger partial charge is 0.491 e. The summed E-state index contributed by atoms with van der Waals surface area (Å²) >= 11 is 6.35. The molecule has 2 aliphatic heterocycles. The zero-order valence-electron chi connectivity index (χ0n) is 28.4. The minimum absolute atomic E-state index is 0.0256. The second kappa shape index (κ2) is 13.5. The molecule has 0 aromatic heterocycles. The number of non-ortho nitro benzene ring substituents is 1. The number of aliphatic hydroxyl groups excluding tert-OH is 1. The van der Waals surface area contributed by atoms with E-state index in [9.17, 15) is 34.0 Å². The fourth-order valence-corrected chi connectivity index (χ4v) is 9.08. The van der Waals surface area contributed by atoms with E-state index in [0.717, 1.165) is 9.91 Å². The summed E-state index contributed by atoms with van der Waals surface area (Å²) in [4.78, 5) is 70.5. The SMILES string of the molecule is O=C1C2CC3C(=CCC4C(=O)N(c5cccc([N+](=O)[O-])c5)C(=O)C43)C(c3ccc(OCCO)cc3)C2(c2ccc(Cl)cc2)C(=O)N1Nc1ccc(F)cc1. The molecule has 54 heavy (non-hydrogen) atoms. The Labute approximate surface area is 312 Å². The van der Waals surface area contributed by atoms with Crippen LogP contribution in [-0.2, 0) is 24.6 Å². The fraction of sp³-hybridized carbons (Fsp3) is 0.250. The second-order valence-electron chi connectivity index (χ2n) is 13.8. The predicted molar refractivity (Wildman–Crippen MR) is 194 cm³/mol. The number of rotatable bonds is 9. The molecule has 2 N–H and O–H groups in total. The van der Waals surface area contributed by atoms with Gasteiger partial charge in [0.25, 0.3) is 17.5 Å². The van der Waals surface area contributed by atoms with E-state index >= 15 is 4.79 Å². The number of aliphatic hydroxyl groups is 1. The molecule has 0 bridgehead atoms. The number of anilines is 2. The van der Waals surface area contributed by atoms with E-state index in [1.807, 2.05) is 6.08 Å². The normalized spacial score (nSPS) is 25.9. The van der Waals surface area contributed by atoms with E-state index in [1.165, 1.54) is 48.5 Å². The Morgan fingerprint density at radius 2 is 1.65 bits per heavy atom. The van der Waals surface area contributed by atoms with Gasteiger partial charge in [0.1, 0.15) is 18.2 Å². The summed E-state index contributed by atoms with van der Waals surface area (Å²) in [6.07, 6.45) is 2.08. The van der Waals surface area contributed by atoms with Crippen molar-refractivity contribution in [1.82, 2.24) is 5.01 Å². The smallest absolute Gasteiger partial charge is 0.271 e. The molecular formula is C40H32ClFN4O8. The lowest BCUT2D eigenvalue weighted by molar-refractivity contribution is -0.384. The van der Waals surface area contributed by atoms with Gasteiger partial charge in [0, 0.05) is 23.1 Å². The molecule has 4 aromatic carbocycles. The van der Waals surface area contributed by atoms with Crippen molar-refractivity contribution < 1.29 is 38.3 Å². The third kappa shape index (κ3) is 5.45. The molecule has 2 heterocycles. The summed E-state index contributed by atoms with van der Waals surface area (Å²) in [7, 11) is 0. The second-order valence-corrected chi connectivity index (χ2v) is 14.2. The molecular weight excluding hydrogens is 719 g/mol. The molecule has 1 saturated carbocycles. The molecule has 14 heteroatoms. The lowest BCUT2D eigenvalue weighted by Crippen LogP contribution is -2.53. The fourth-order valence-electron chi connectivity index (χ4n) is 8.95. The number of nitrogens with one attached hydrogen (secondary N) is 1. The number of nitrogens with zero attached hydrogens (tertiary/aromatic N) is 3. The van der Waals surface area contributed by atoms with Crippen LogP contribution >= 0.6 is 11.6 Å². The maximum atomic E-state index is 15.2. The Kier molecular flexibility index (Phi) is 8.78. The lowest BCUT2D eigenvalue weighted by atomic mass is 9.49. The van der Waals surface area contributed by atoms with Crippen LogP contribution in [0.5, 0.6) is 5.75 Å². The molecule has 4 amide bonds. The first-order chi connectivity index (χ1) is 26.0. The van der Waals surface area contributed by atoms with E-state index in [-0.39, 0.29) is 37.4 Å². The molecule has 12 nitrogen and oxygen atoms in total. The Balaban J connectivity index is 1.29. The van der Waals surface area contributed by atoms with Crippen molar-refractivity contribution in [3.05, 3.63) is 141 Å². The number of fused-ring (bicyclic) bond motifs is 4. The molecule has 2 saturated heterocycles. The summed E-state index contributed by atoms with van der Waals surface area (Å²) in [5, 5.41) is 22.3. The van der Waals surface area contributed by atoms with Crippen LogP contribution in [0.25, 0.3) is 0 Å². The minimum atomic E-state index is -1.57. The van der Waals surface area contributed by atoms with Crippen LogP contribution < -0.4 is 15.1 Å². The van der Waals surface area contributed by atoms with E-state index in [0.29, 0.717) is 33.2 Å². The molecule has 4 aromatic rings. The van der Waals surface area contributed by atoms with E-state index in [4.69, 9.17) is 16.3 Å². The highest BCUT2D eigenvalue weighted by Crippen LogP contribution is 2.64. The number of imide groups is 2. The Morgan fingerprint density at radius 3 is 2.33 bits per heavy atom. The van der Waals surface area contributed by atoms with Gasteiger partial charge in [-0.3, -0.25) is 34.7 Å². The van der Waals surface area contributed by atoms with E-state index in [1.54, 1.807) is 48.5 Å². The van der Waals surface area contributed by atoms with Gasteiger partial charge in [-0.05, 0) is 84.5 Å². The van der Waals surface area contributed by atoms with Gasteiger partial charge >= 0.3 is 0 Å². The molecule has 3 fully saturated rings. The van der Waals surface area contributed by atoms with Crippen LogP contribution in [-0.4, -0.2) is 51.9 Å². The molecule has 6 atom stereocenters. The van der Waals surface area contributed by atoms with Crippen molar-refractivity contribution in [2.24, 2.45) is 23.7 Å². The van der Waals surface area contributed by atoms with Gasteiger partial charge in [0.15, 0.2) is 0 Å². The summed E-state index contributed by atoms with van der Waals surface area (Å²) in [5.41, 5.74) is 3.31. The molecule has 0 spiro atoms. The van der Waals surface area contributed by atoms with Crippen molar-refractivity contribution in [2.45, 2.75) is 24.2 Å². The summed E-state index contributed by atoms with van der Waals surface area (Å²) in [5.74, 6) is -6.48. The molecule has 2 aliphatic carbocycles. The Bertz CT molecular complexity index is 2230. The molecule has 0 radical (unpaired) electrons. The number of hydrogen-bond acceptors (Lipinski definition) is 9. The molecule has 8 rings (SSSR count).